The first-order valence-electron chi connectivity index (χ1n) is 18.4. The fourth-order valence-electron chi connectivity index (χ4n) is 8.36. The van der Waals surface area contributed by atoms with E-state index < -0.39 is 28.3 Å². The molecule has 51 heavy (non-hydrogen) atoms. The molecule has 262 valence electrons. The van der Waals surface area contributed by atoms with Crippen LogP contribution in [-0.4, -0.2) is 5.92 Å². The number of halogens is 2. The van der Waals surface area contributed by atoms with Gasteiger partial charge < -0.3 is 24.8 Å². The second-order valence-electron chi connectivity index (χ2n) is 16.7. The monoisotopic (exact) mass is 804 g/mol. The second-order valence-corrected chi connectivity index (χ2v) is 31.7. The van der Waals surface area contributed by atoms with Gasteiger partial charge in [0.25, 0.3) is 0 Å². The van der Waals surface area contributed by atoms with E-state index in [1.165, 1.54) is 50.1 Å². The van der Waals surface area contributed by atoms with Gasteiger partial charge in [0.05, 0.1) is 0 Å². The molecule has 0 aliphatic heterocycles. The van der Waals surface area contributed by atoms with Crippen LogP contribution in [0.15, 0.2) is 109 Å². The van der Waals surface area contributed by atoms with Crippen LogP contribution in [0.25, 0.3) is 39.5 Å². The maximum absolute atomic E-state index is 2.63. The van der Waals surface area contributed by atoms with Gasteiger partial charge in [0.1, 0.15) is 0 Å². The molecule has 0 nitrogen and oxygen atoms in total. The second kappa shape index (κ2) is 15.5. The first-order valence-corrected chi connectivity index (χ1v) is 27.0. The molecule has 0 aromatic heterocycles. The van der Waals surface area contributed by atoms with Gasteiger partial charge in [0.2, 0.25) is 0 Å². The van der Waals surface area contributed by atoms with E-state index in [1.807, 2.05) is 0 Å². The summed E-state index contributed by atoms with van der Waals surface area (Å²) in [5, 5.41) is 0. The standard InChI is InChI=1S/C45H45.C2H7Si.2ClH.Zr/c1-8-13-32-27-39-35(31-20-18-30(19-21-31)29-14-10-9-11-15-29)16-12-17-38(39)42(32)43-40-28-33-26-34(44(2,3)4)22-23-36(33)37(40)24-25-41(43)45(5,6)7;1-3-2;;;/h9-12,14-28,42H,8,13H2,1-7H3;3H,1-2H3;2*1H;/q;;;;+2/p-2. The number of rotatable bonds is 7. The van der Waals surface area contributed by atoms with E-state index in [2.05, 4.69) is 171 Å². The van der Waals surface area contributed by atoms with Gasteiger partial charge in [-0.2, -0.15) is 0 Å². The molecule has 0 radical (unpaired) electrons. The van der Waals surface area contributed by atoms with Crippen molar-refractivity contribution in [1.29, 1.82) is 0 Å². The molecule has 0 fully saturated rings. The Kier molecular flexibility index (Phi) is 12.1. The van der Waals surface area contributed by atoms with Crippen molar-refractivity contribution >= 4 is 12.0 Å². The zero-order chi connectivity index (χ0) is 34.7. The number of benzene rings is 5. The van der Waals surface area contributed by atoms with Crippen molar-refractivity contribution in [2.45, 2.75) is 94.8 Å². The molecule has 5 aromatic rings. The number of hydrogen-bond donors (Lipinski definition) is 0. The summed E-state index contributed by atoms with van der Waals surface area (Å²) >= 11 is -0.687. The van der Waals surface area contributed by atoms with E-state index >= 15 is 0 Å². The third kappa shape index (κ3) is 7.51. The minimum absolute atomic E-state index is 0. The zero-order valence-corrected chi connectivity index (χ0v) is 36.9. The van der Waals surface area contributed by atoms with Crippen molar-refractivity contribution in [2.75, 3.05) is 0 Å². The molecule has 4 heteroatoms. The molecular formula is C47H52Cl2SiZr. The average Bonchev–Trinajstić information content (AvgIpc) is 3.59. The molecule has 0 saturated heterocycles. The Labute approximate surface area is 332 Å². The van der Waals surface area contributed by atoms with Crippen molar-refractivity contribution < 1.29 is 47.2 Å². The number of allylic oxidation sites excluding steroid dienone is 1. The SMILES string of the molecule is CCCC1=Cc2c(-c3ccc(-c4ccccc4)cc3)cccc2C1c1c(C(C)(C)C)ccc2c1[CH]([Zr+2][SiH](C)C)c1cc(C(C)(C)C)ccc1-2.[Cl-].[Cl-]. The van der Waals surface area contributed by atoms with Crippen LogP contribution in [0.5, 0.6) is 0 Å². The molecule has 2 unspecified atom stereocenters. The van der Waals surface area contributed by atoms with E-state index in [0.29, 0.717) is 9.54 Å². The molecule has 0 bridgehead atoms. The van der Waals surface area contributed by atoms with Crippen molar-refractivity contribution in [1.82, 2.24) is 0 Å². The average molecular weight is 807 g/mol. The van der Waals surface area contributed by atoms with Crippen LogP contribution < -0.4 is 24.8 Å². The van der Waals surface area contributed by atoms with Crippen LogP contribution in [0, 0.1) is 0 Å². The topological polar surface area (TPSA) is 0 Å². The van der Waals surface area contributed by atoms with Gasteiger partial charge in [-0.05, 0) is 0 Å². The van der Waals surface area contributed by atoms with E-state index in [4.69, 9.17) is 0 Å². The number of fused-ring (bicyclic) bond motifs is 4. The maximum atomic E-state index is 2.63. The van der Waals surface area contributed by atoms with Crippen LogP contribution in [0.3, 0.4) is 0 Å². The van der Waals surface area contributed by atoms with E-state index in [0.717, 1.165) is 12.8 Å². The summed E-state index contributed by atoms with van der Waals surface area (Å²) in [6, 6.07) is 39.7. The molecule has 2 aliphatic carbocycles. The summed E-state index contributed by atoms with van der Waals surface area (Å²) in [4.78, 5) is 0. The summed E-state index contributed by atoms with van der Waals surface area (Å²) in [6.07, 6.45) is 4.89. The smallest absolute Gasteiger partial charge is 1.00 e. The number of hydrogen-bond acceptors (Lipinski definition) is 0. The summed E-state index contributed by atoms with van der Waals surface area (Å²) < 4.78 is 0.625. The summed E-state index contributed by atoms with van der Waals surface area (Å²) in [7, 11) is 0. The Hall–Kier alpha value is -2.48. The van der Waals surface area contributed by atoms with Crippen molar-refractivity contribution in [3.8, 4) is 33.4 Å². The van der Waals surface area contributed by atoms with E-state index in [-0.39, 0.29) is 35.6 Å². The van der Waals surface area contributed by atoms with Crippen molar-refractivity contribution in [3.05, 3.63) is 148 Å². The maximum Gasteiger partial charge on any atom is -1.00 e. The Morgan fingerprint density at radius 2 is 1.25 bits per heavy atom. The van der Waals surface area contributed by atoms with Crippen LogP contribution in [0.4, 0.5) is 0 Å². The van der Waals surface area contributed by atoms with Crippen LogP contribution in [0.1, 0.15) is 110 Å². The van der Waals surface area contributed by atoms with Gasteiger partial charge in [-0.25, -0.2) is 0 Å². The molecule has 0 amide bonds. The van der Waals surface area contributed by atoms with Crippen LogP contribution in [-0.2, 0) is 33.2 Å². The van der Waals surface area contributed by atoms with Crippen LogP contribution in [0.2, 0.25) is 13.1 Å². The Bertz CT molecular complexity index is 2050. The molecular weight excluding hydrogens is 755 g/mol. The fourth-order valence-corrected chi connectivity index (χ4v) is 18.2. The summed E-state index contributed by atoms with van der Waals surface area (Å²) in [5.41, 5.74) is 21.0. The van der Waals surface area contributed by atoms with Gasteiger partial charge in [-0.15, -0.1) is 0 Å². The minimum atomic E-state index is -0.728. The van der Waals surface area contributed by atoms with E-state index in [9.17, 15) is 0 Å². The van der Waals surface area contributed by atoms with Gasteiger partial charge in [0, 0.05) is 0 Å². The van der Waals surface area contributed by atoms with Gasteiger partial charge in [0.15, 0.2) is 0 Å². The predicted molar refractivity (Wildman–Crippen MR) is 212 cm³/mol. The quantitative estimate of drug-likeness (QED) is 0.154. The normalized spacial score (nSPS) is 16.0. The Balaban J connectivity index is 0.00000252. The molecule has 0 N–H and O–H groups in total. The zero-order valence-electron chi connectivity index (χ0n) is 31.8. The summed E-state index contributed by atoms with van der Waals surface area (Å²) in [6.45, 7) is 22.0. The minimum Gasteiger partial charge on any atom is -1.00 e. The predicted octanol–water partition coefficient (Wildman–Crippen LogP) is 7.09. The molecule has 2 aliphatic rings. The first kappa shape index (κ1) is 39.7. The molecule has 0 spiro atoms. The summed E-state index contributed by atoms with van der Waals surface area (Å²) in [5.74, 6) is -0.428. The van der Waals surface area contributed by atoms with Gasteiger partial charge in [-0.1, -0.05) is 30.3 Å². The Morgan fingerprint density at radius 3 is 1.88 bits per heavy atom. The molecule has 2 atom stereocenters. The third-order valence-corrected chi connectivity index (χ3v) is 20.5. The molecule has 5 aromatic carbocycles. The Morgan fingerprint density at radius 1 is 0.608 bits per heavy atom. The largest absolute Gasteiger partial charge is 1.00 e. The van der Waals surface area contributed by atoms with Crippen LogP contribution >= 0.6 is 0 Å². The molecule has 0 heterocycles. The molecule has 7 rings (SSSR count). The van der Waals surface area contributed by atoms with E-state index in [1.54, 1.807) is 27.8 Å². The fraction of sp³-hybridized carbons (Fsp3) is 0.319. The van der Waals surface area contributed by atoms with Crippen molar-refractivity contribution in [3.63, 3.8) is 0 Å². The van der Waals surface area contributed by atoms with Gasteiger partial charge in [-0.3, -0.25) is 0 Å². The first-order chi connectivity index (χ1) is 23.4. The van der Waals surface area contributed by atoms with Crippen molar-refractivity contribution in [2.24, 2.45) is 0 Å². The molecule has 0 saturated carbocycles. The third-order valence-electron chi connectivity index (χ3n) is 10.7. The van der Waals surface area contributed by atoms with Gasteiger partial charge >= 0.3 is 280 Å².